The van der Waals surface area contributed by atoms with Crippen molar-refractivity contribution in [2.24, 2.45) is 0 Å². The van der Waals surface area contributed by atoms with Gasteiger partial charge in [-0.05, 0) is 24.6 Å². The number of aryl methyl sites for hydroxylation is 1. The van der Waals surface area contributed by atoms with Crippen molar-refractivity contribution in [3.63, 3.8) is 0 Å². The third-order valence-corrected chi connectivity index (χ3v) is 3.97. The van der Waals surface area contributed by atoms with Crippen LogP contribution in [0.2, 0.25) is 0 Å². The van der Waals surface area contributed by atoms with E-state index in [1.165, 1.54) is 10.4 Å². The summed E-state index contributed by atoms with van der Waals surface area (Å²) < 4.78 is 1.81. The van der Waals surface area contributed by atoms with Gasteiger partial charge in [-0.15, -0.1) is 11.3 Å². The minimum Gasteiger partial charge on any atom is -0.380 e. The SMILES string of the molecule is Cc1ncsc1CNc1cccc(Cn2cncn2)c1. The molecule has 0 radical (unpaired) electrons. The highest BCUT2D eigenvalue weighted by molar-refractivity contribution is 7.09. The lowest BCUT2D eigenvalue weighted by molar-refractivity contribution is 0.685. The van der Waals surface area contributed by atoms with E-state index in [1.807, 2.05) is 23.2 Å². The molecule has 0 aliphatic rings. The molecular formula is C14H15N5S. The number of aromatic nitrogens is 4. The Morgan fingerprint density at radius 2 is 2.30 bits per heavy atom. The average molecular weight is 285 g/mol. The molecule has 0 atom stereocenters. The maximum Gasteiger partial charge on any atom is 0.137 e. The second kappa shape index (κ2) is 5.83. The first kappa shape index (κ1) is 12.8. The molecule has 20 heavy (non-hydrogen) atoms. The lowest BCUT2D eigenvalue weighted by atomic mass is 10.2. The molecule has 6 heteroatoms. The monoisotopic (exact) mass is 285 g/mol. The maximum absolute atomic E-state index is 4.26. The third kappa shape index (κ3) is 3.03. The van der Waals surface area contributed by atoms with E-state index in [-0.39, 0.29) is 0 Å². The predicted octanol–water partition coefficient (Wildman–Crippen LogP) is 2.70. The van der Waals surface area contributed by atoms with Gasteiger partial charge in [0, 0.05) is 10.6 Å². The minimum absolute atomic E-state index is 0.731. The fraction of sp³-hybridized carbons (Fsp3) is 0.214. The number of nitrogens with zero attached hydrogens (tertiary/aromatic N) is 4. The first-order valence-corrected chi connectivity index (χ1v) is 7.23. The highest BCUT2D eigenvalue weighted by Crippen LogP contribution is 2.16. The first-order valence-electron chi connectivity index (χ1n) is 6.35. The van der Waals surface area contributed by atoms with Gasteiger partial charge in [-0.2, -0.15) is 5.10 Å². The summed E-state index contributed by atoms with van der Waals surface area (Å²) in [5, 5.41) is 7.55. The lowest BCUT2D eigenvalue weighted by Gasteiger charge is -2.08. The average Bonchev–Trinajstić information content (AvgIpc) is 3.09. The minimum atomic E-state index is 0.731. The van der Waals surface area contributed by atoms with E-state index >= 15 is 0 Å². The normalized spacial score (nSPS) is 10.7. The van der Waals surface area contributed by atoms with Crippen LogP contribution < -0.4 is 5.32 Å². The molecule has 0 saturated heterocycles. The Hall–Kier alpha value is -2.21. The van der Waals surface area contributed by atoms with Crippen LogP contribution in [0.15, 0.2) is 42.4 Å². The number of rotatable bonds is 5. The molecule has 0 aliphatic heterocycles. The first-order chi connectivity index (χ1) is 9.81. The summed E-state index contributed by atoms with van der Waals surface area (Å²) in [6.07, 6.45) is 3.27. The van der Waals surface area contributed by atoms with Gasteiger partial charge in [0.15, 0.2) is 0 Å². The zero-order valence-corrected chi connectivity index (χ0v) is 12.0. The molecule has 102 valence electrons. The third-order valence-electron chi connectivity index (χ3n) is 3.04. The Kier molecular flexibility index (Phi) is 3.73. The number of anilines is 1. The predicted molar refractivity (Wildman–Crippen MR) is 79.7 cm³/mol. The van der Waals surface area contributed by atoms with Gasteiger partial charge in [0.1, 0.15) is 12.7 Å². The largest absolute Gasteiger partial charge is 0.380 e. The van der Waals surface area contributed by atoms with Gasteiger partial charge in [-0.1, -0.05) is 12.1 Å². The van der Waals surface area contributed by atoms with Gasteiger partial charge in [0.2, 0.25) is 0 Å². The van der Waals surface area contributed by atoms with Crippen molar-refractivity contribution < 1.29 is 0 Å². The van der Waals surface area contributed by atoms with Gasteiger partial charge in [-0.3, -0.25) is 0 Å². The summed E-state index contributed by atoms with van der Waals surface area (Å²) in [5.41, 5.74) is 5.28. The molecule has 5 nitrogen and oxygen atoms in total. The van der Waals surface area contributed by atoms with E-state index in [0.29, 0.717) is 0 Å². The molecule has 0 amide bonds. The van der Waals surface area contributed by atoms with Gasteiger partial charge in [-0.25, -0.2) is 14.6 Å². The van der Waals surface area contributed by atoms with Gasteiger partial charge in [0.25, 0.3) is 0 Å². The van der Waals surface area contributed by atoms with Crippen LogP contribution in [0.4, 0.5) is 5.69 Å². The lowest BCUT2D eigenvalue weighted by Crippen LogP contribution is -2.02. The highest BCUT2D eigenvalue weighted by atomic mass is 32.1. The smallest absolute Gasteiger partial charge is 0.137 e. The van der Waals surface area contributed by atoms with Crippen LogP contribution in [0.3, 0.4) is 0 Å². The Morgan fingerprint density at radius 3 is 3.05 bits per heavy atom. The summed E-state index contributed by atoms with van der Waals surface area (Å²) in [5.74, 6) is 0. The Labute approximate surface area is 121 Å². The zero-order chi connectivity index (χ0) is 13.8. The number of thiazole rings is 1. The Morgan fingerprint density at radius 1 is 1.35 bits per heavy atom. The van der Waals surface area contributed by atoms with Crippen LogP contribution in [0, 0.1) is 6.92 Å². The highest BCUT2D eigenvalue weighted by Gasteiger charge is 2.02. The van der Waals surface area contributed by atoms with Gasteiger partial charge < -0.3 is 5.32 Å². The number of hydrogen-bond acceptors (Lipinski definition) is 5. The van der Waals surface area contributed by atoms with E-state index in [4.69, 9.17) is 0 Å². The van der Waals surface area contributed by atoms with Crippen molar-refractivity contribution >= 4 is 17.0 Å². The molecule has 1 N–H and O–H groups in total. The van der Waals surface area contributed by atoms with E-state index in [9.17, 15) is 0 Å². The molecule has 0 fully saturated rings. The molecule has 0 aliphatic carbocycles. The van der Waals surface area contributed by atoms with Crippen molar-refractivity contribution in [2.75, 3.05) is 5.32 Å². The molecule has 0 spiro atoms. The van der Waals surface area contributed by atoms with E-state index in [2.05, 4.69) is 38.6 Å². The molecule has 2 aromatic heterocycles. The molecule has 3 rings (SSSR count). The summed E-state index contributed by atoms with van der Waals surface area (Å²) in [4.78, 5) is 9.48. The topological polar surface area (TPSA) is 55.6 Å². The van der Waals surface area contributed by atoms with Gasteiger partial charge in [0.05, 0.1) is 24.3 Å². The molecule has 3 aromatic rings. The molecule has 0 saturated carbocycles. The number of benzene rings is 1. The van der Waals surface area contributed by atoms with Crippen molar-refractivity contribution in [2.45, 2.75) is 20.0 Å². The fourth-order valence-electron chi connectivity index (χ4n) is 1.96. The van der Waals surface area contributed by atoms with E-state index < -0.39 is 0 Å². The van der Waals surface area contributed by atoms with Gasteiger partial charge >= 0.3 is 0 Å². The quantitative estimate of drug-likeness (QED) is 0.783. The summed E-state index contributed by atoms with van der Waals surface area (Å²) >= 11 is 1.68. The van der Waals surface area contributed by atoms with Crippen LogP contribution in [-0.4, -0.2) is 19.7 Å². The molecule has 1 aromatic carbocycles. The van der Waals surface area contributed by atoms with Crippen LogP contribution in [0.25, 0.3) is 0 Å². The Balaban J connectivity index is 1.67. The molecule has 0 bridgehead atoms. The molecular weight excluding hydrogens is 270 g/mol. The van der Waals surface area contributed by atoms with E-state index in [1.54, 1.807) is 24.0 Å². The van der Waals surface area contributed by atoms with Crippen molar-refractivity contribution in [3.05, 3.63) is 58.6 Å². The molecule has 2 heterocycles. The van der Waals surface area contributed by atoms with E-state index in [0.717, 1.165) is 24.5 Å². The fourth-order valence-corrected chi connectivity index (χ4v) is 2.68. The summed E-state index contributed by atoms with van der Waals surface area (Å²) in [7, 11) is 0. The zero-order valence-electron chi connectivity index (χ0n) is 11.2. The van der Waals surface area contributed by atoms with Crippen LogP contribution >= 0.6 is 11.3 Å². The van der Waals surface area contributed by atoms with Crippen molar-refractivity contribution in [1.29, 1.82) is 0 Å². The summed E-state index contributed by atoms with van der Waals surface area (Å²) in [6, 6.07) is 8.35. The Bertz CT molecular complexity index is 674. The van der Waals surface area contributed by atoms with Crippen LogP contribution in [0.1, 0.15) is 16.1 Å². The van der Waals surface area contributed by atoms with Crippen molar-refractivity contribution in [1.82, 2.24) is 19.7 Å². The standard InChI is InChI=1S/C14H15N5S/c1-11-14(20-10-17-11)6-16-13-4-2-3-12(5-13)7-19-9-15-8-18-19/h2-5,8-10,16H,6-7H2,1H3. The summed E-state index contributed by atoms with van der Waals surface area (Å²) in [6.45, 7) is 3.58. The number of nitrogens with one attached hydrogen (secondary N) is 1. The maximum atomic E-state index is 4.26. The van der Waals surface area contributed by atoms with Crippen LogP contribution in [-0.2, 0) is 13.1 Å². The van der Waals surface area contributed by atoms with Crippen LogP contribution in [0.5, 0.6) is 0 Å². The second-order valence-corrected chi connectivity index (χ2v) is 5.45. The second-order valence-electron chi connectivity index (χ2n) is 4.51. The van der Waals surface area contributed by atoms with Crippen molar-refractivity contribution in [3.8, 4) is 0 Å². The number of hydrogen-bond donors (Lipinski definition) is 1. The molecule has 0 unspecified atom stereocenters.